The third kappa shape index (κ3) is 2.51. The van der Waals surface area contributed by atoms with E-state index in [2.05, 4.69) is 15.1 Å². The molecule has 0 atom stereocenters. The molecule has 6 heteroatoms. The van der Waals surface area contributed by atoms with Gasteiger partial charge in [-0.05, 0) is 38.1 Å². The molecule has 6 nitrogen and oxygen atoms in total. The van der Waals surface area contributed by atoms with Gasteiger partial charge >= 0.3 is 5.97 Å². The van der Waals surface area contributed by atoms with E-state index in [0.29, 0.717) is 11.2 Å². The van der Waals surface area contributed by atoms with Crippen LogP contribution in [-0.2, 0) is 11.3 Å². The number of likely N-dealkylation sites (tertiary alicyclic amines) is 1. The van der Waals surface area contributed by atoms with Gasteiger partial charge in [0.25, 0.3) is 0 Å². The number of methoxy groups -OCH3 is 1. The van der Waals surface area contributed by atoms with Crippen molar-refractivity contribution in [3.63, 3.8) is 0 Å². The number of carbonyl (C=O) groups is 1. The van der Waals surface area contributed by atoms with E-state index in [9.17, 15) is 4.79 Å². The Bertz CT molecular complexity index is 617. The van der Waals surface area contributed by atoms with E-state index >= 15 is 0 Å². The highest BCUT2D eigenvalue weighted by molar-refractivity contribution is 5.90. The summed E-state index contributed by atoms with van der Waals surface area (Å²) >= 11 is 0. The van der Waals surface area contributed by atoms with Crippen LogP contribution in [0.2, 0.25) is 0 Å². The lowest BCUT2D eigenvalue weighted by molar-refractivity contribution is 0.0600. The maximum atomic E-state index is 11.5. The third-order valence-electron chi connectivity index (χ3n) is 3.72. The summed E-state index contributed by atoms with van der Waals surface area (Å²) in [6.45, 7) is 3.04. The van der Waals surface area contributed by atoms with Crippen molar-refractivity contribution in [2.45, 2.75) is 25.8 Å². The van der Waals surface area contributed by atoms with E-state index in [1.54, 1.807) is 12.1 Å². The van der Waals surface area contributed by atoms with E-state index in [-0.39, 0.29) is 5.97 Å². The molecule has 0 unspecified atom stereocenters. The van der Waals surface area contributed by atoms with Crippen molar-refractivity contribution in [3.8, 4) is 0 Å². The number of carbonyl (C=O) groups excluding carboxylic acids is 1. The fourth-order valence-electron chi connectivity index (χ4n) is 2.61. The lowest BCUT2D eigenvalue weighted by Gasteiger charge is -2.25. The Hall–Kier alpha value is -1.95. The van der Waals surface area contributed by atoms with E-state index in [0.717, 1.165) is 25.5 Å². The maximum absolute atomic E-state index is 11.5. The van der Waals surface area contributed by atoms with Crippen molar-refractivity contribution in [1.29, 1.82) is 0 Å². The molecule has 2 aromatic heterocycles. The molecule has 0 saturated carbocycles. The zero-order chi connectivity index (χ0) is 13.9. The fraction of sp³-hybridized carbons (Fsp3) is 0.500. The average molecular weight is 274 g/mol. The molecular formula is C14H18N4O2. The molecule has 0 amide bonds. The number of piperidine rings is 1. The molecule has 20 heavy (non-hydrogen) atoms. The van der Waals surface area contributed by atoms with Gasteiger partial charge in [-0.15, -0.1) is 10.2 Å². The van der Waals surface area contributed by atoms with Crippen LogP contribution in [0.1, 0.15) is 35.4 Å². The molecule has 1 aliphatic heterocycles. The Morgan fingerprint density at radius 1 is 1.30 bits per heavy atom. The van der Waals surface area contributed by atoms with Gasteiger partial charge in [-0.3, -0.25) is 9.30 Å². The number of pyridine rings is 1. The topological polar surface area (TPSA) is 59.7 Å². The summed E-state index contributed by atoms with van der Waals surface area (Å²) in [5, 5.41) is 8.37. The van der Waals surface area contributed by atoms with Gasteiger partial charge in [0.15, 0.2) is 11.5 Å². The summed E-state index contributed by atoms with van der Waals surface area (Å²) < 4.78 is 6.64. The van der Waals surface area contributed by atoms with Crippen LogP contribution >= 0.6 is 0 Å². The van der Waals surface area contributed by atoms with Crippen molar-refractivity contribution >= 4 is 11.6 Å². The third-order valence-corrected chi connectivity index (χ3v) is 3.72. The fourth-order valence-corrected chi connectivity index (χ4v) is 2.61. The molecule has 0 spiro atoms. The quantitative estimate of drug-likeness (QED) is 0.794. The Labute approximate surface area is 117 Å². The normalized spacial score (nSPS) is 16.4. The monoisotopic (exact) mass is 274 g/mol. The lowest BCUT2D eigenvalue weighted by Crippen LogP contribution is -2.29. The number of nitrogens with zero attached hydrogens (tertiary/aromatic N) is 4. The van der Waals surface area contributed by atoms with E-state index in [1.807, 2.05) is 10.6 Å². The van der Waals surface area contributed by atoms with Gasteiger partial charge in [-0.2, -0.15) is 0 Å². The Morgan fingerprint density at radius 2 is 2.10 bits per heavy atom. The second-order valence-corrected chi connectivity index (χ2v) is 5.09. The van der Waals surface area contributed by atoms with Crippen LogP contribution in [0.5, 0.6) is 0 Å². The minimum Gasteiger partial charge on any atom is -0.465 e. The first-order valence-electron chi connectivity index (χ1n) is 6.92. The van der Waals surface area contributed by atoms with Gasteiger partial charge in [0, 0.05) is 6.20 Å². The second-order valence-electron chi connectivity index (χ2n) is 5.09. The zero-order valence-electron chi connectivity index (χ0n) is 11.6. The molecule has 1 aliphatic rings. The molecule has 0 N–H and O–H groups in total. The lowest BCUT2D eigenvalue weighted by atomic mass is 10.1. The highest BCUT2D eigenvalue weighted by atomic mass is 16.5. The van der Waals surface area contributed by atoms with Crippen LogP contribution in [0.3, 0.4) is 0 Å². The first kappa shape index (κ1) is 13.1. The molecule has 3 rings (SSSR count). The standard InChI is InChI=1S/C14H18N4O2/c1-20-14(19)11-5-8-18-12(9-11)15-16-13(18)10-17-6-3-2-4-7-17/h5,8-9H,2-4,6-7,10H2,1H3. The molecule has 1 fully saturated rings. The maximum Gasteiger partial charge on any atom is 0.338 e. The van der Waals surface area contributed by atoms with E-state index in [1.165, 1.54) is 26.4 Å². The second kappa shape index (κ2) is 5.58. The van der Waals surface area contributed by atoms with Crippen LogP contribution in [-0.4, -0.2) is 45.7 Å². The van der Waals surface area contributed by atoms with Crippen LogP contribution in [0.25, 0.3) is 5.65 Å². The van der Waals surface area contributed by atoms with Gasteiger partial charge in [-0.1, -0.05) is 6.42 Å². The minimum atomic E-state index is -0.354. The van der Waals surface area contributed by atoms with Gasteiger partial charge in [-0.25, -0.2) is 4.79 Å². The van der Waals surface area contributed by atoms with Gasteiger partial charge in [0.1, 0.15) is 0 Å². The number of hydrogen-bond acceptors (Lipinski definition) is 5. The average Bonchev–Trinajstić information content (AvgIpc) is 2.90. The van der Waals surface area contributed by atoms with Crippen molar-refractivity contribution in [1.82, 2.24) is 19.5 Å². The van der Waals surface area contributed by atoms with Crippen molar-refractivity contribution in [2.24, 2.45) is 0 Å². The van der Waals surface area contributed by atoms with Crippen LogP contribution in [0.15, 0.2) is 18.3 Å². The Morgan fingerprint density at radius 3 is 2.85 bits per heavy atom. The molecule has 0 radical (unpaired) electrons. The summed E-state index contributed by atoms with van der Waals surface area (Å²) in [6.07, 6.45) is 5.66. The van der Waals surface area contributed by atoms with Crippen LogP contribution < -0.4 is 0 Å². The molecule has 1 saturated heterocycles. The summed E-state index contributed by atoms with van der Waals surface area (Å²) in [5.41, 5.74) is 1.18. The number of aromatic nitrogens is 3. The summed E-state index contributed by atoms with van der Waals surface area (Å²) in [7, 11) is 1.37. The largest absolute Gasteiger partial charge is 0.465 e. The van der Waals surface area contributed by atoms with E-state index < -0.39 is 0 Å². The van der Waals surface area contributed by atoms with Gasteiger partial charge in [0.05, 0.1) is 19.2 Å². The molecule has 2 aromatic rings. The SMILES string of the molecule is COC(=O)c1ccn2c(CN3CCCCC3)nnc2c1. The number of hydrogen-bond donors (Lipinski definition) is 0. The van der Waals surface area contributed by atoms with Crippen molar-refractivity contribution in [3.05, 3.63) is 29.7 Å². The highest BCUT2D eigenvalue weighted by Crippen LogP contribution is 2.14. The first-order valence-corrected chi connectivity index (χ1v) is 6.92. The Kier molecular flexibility index (Phi) is 3.64. The zero-order valence-corrected chi connectivity index (χ0v) is 11.6. The predicted molar refractivity (Wildman–Crippen MR) is 73.5 cm³/mol. The van der Waals surface area contributed by atoms with Gasteiger partial charge < -0.3 is 4.74 Å². The van der Waals surface area contributed by atoms with Gasteiger partial charge in [0.2, 0.25) is 0 Å². The number of rotatable bonds is 3. The van der Waals surface area contributed by atoms with Crippen molar-refractivity contribution < 1.29 is 9.53 Å². The predicted octanol–water partition coefficient (Wildman–Crippen LogP) is 1.50. The molecule has 3 heterocycles. The Balaban J connectivity index is 1.84. The molecule has 0 bridgehead atoms. The number of ether oxygens (including phenoxy) is 1. The minimum absolute atomic E-state index is 0.354. The molecular weight excluding hydrogens is 256 g/mol. The summed E-state index contributed by atoms with van der Waals surface area (Å²) in [6, 6.07) is 3.44. The molecule has 106 valence electrons. The smallest absolute Gasteiger partial charge is 0.338 e. The van der Waals surface area contributed by atoms with E-state index in [4.69, 9.17) is 4.74 Å². The number of fused-ring (bicyclic) bond motifs is 1. The van der Waals surface area contributed by atoms with Crippen LogP contribution in [0.4, 0.5) is 0 Å². The first-order chi connectivity index (χ1) is 9.78. The summed E-state index contributed by atoms with van der Waals surface area (Å²) in [4.78, 5) is 13.9. The number of esters is 1. The highest BCUT2D eigenvalue weighted by Gasteiger charge is 2.15. The summed E-state index contributed by atoms with van der Waals surface area (Å²) in [5.74, 6) is 0.561. The van der Waals surface area contributed by atoms with Crippen LogP contribution in [0, 0.1) is 0 Å². The van der Waals surface area contributed by atoms with Crippen molar-refractivity contribution in [2.75, 3.05) is 20.2 Å². The molecule has 0 aromatic carbocycles. The molecule has 0 aliphatic carbocycles.